The van der Waals surface area contributed by atoms with Gasteiger partial charge in [-0.15, -0.1) is 0 Å². The number of urea groups is 1. The fourth-order valence-corrected chi connectivity index (χ4v) is 5.30. The van der Waals surface area contributed by atoms with E-state index < -0.39 is 0 Å². The summed E-state index contributed by atoms with van der Waals surface area (Å²) in [6, 6.07) is 4.98. The van der Waals surface area contributed by atoms with Crippen molar-refractivity contribution in [1.82, 2.24) is 36.3 Å². The Labute approximate surface area is 166 Å². The van der Waals surface area contributed by atoms with Crippen LogP contribution in [-0.2, 0) is 0 Å². The van der Waals surface area contributed by atoms with Crippen molar-refractivity contribution >= 4 is 6.03 Å². The third-order valence-electron chi connectivity index (χ3n) is 6.92. The Morgan fingerprint density at radius 3 is 2.89 bits per heavy atom. The lowest BCUT2D eigenvalue weighted by Crippen LogP contribution is -2.51. The predicted molar refractivity (Wildman–Crippen MR) is 106 cm³/mol. The molecule has 152 valence electrons. The minimum Gasteiger partial charge on any atom is -0.323 e. The summed E-state index contributed by atoms with van der Waals surface area (Å²) in [6.45, 7) is 5.63. The molecule has 4 unspecified atom stereocenters. The Bertz CT molecular complexity index is 680. The van der Waals surface area contributed by atoms with Gasteiger partial charge >= 0.3 is 6.03 Å². The molecule has 1 aromatic rings. The molecule has 1 aromatic heterocycles. The van der Waals surface area contributed by atoms with E-state index in [9.17, 15) is 4.79 Å². The molecule has 0 aliphatic carbocycles. The maximum Gasteiger partial charge on any atom is 0.321 e. The minimum atomic E-state index is 0.0665. The van der Waals surface area contributed by atoms with Crippen molar-refractivity contribution in [3.63, 3.8) is 0 Å². The number of amides is 2. The average Bonchev–Trinajstić information content (AvgIpc) is 3.32. The number of carbonyl (C=O) groups excluding carboxylic acids is 1. The van der Waals surface area contributed by atoms with E-state index in [-0.39, 0.29) is 12.2 Å². The number of nitrogens with zero attached hydrogens (tertiary/aromatic N) is 3. The van der Waals surface area contributed by atoms with E-state index in [1.807, 2.05) is 18.5 Å². The molecule has 4 aliphatic heterocycles. The summed E-state index contributed by atoms with van der Waals surface area (Å²) in [5, 5.41) is 7.04. The number of hydrogen-bond acceptors (Lipinski definition) is 6. The monoisotopic (exact) mass is 385 g/mol. The fourth-order valence-electron chi connectivity index (χ4n) is 5.30. The first-order valence-electron chi connectivity index (χ1n) is 10.7. The molecule has 8 heteroatoms. The summed E-state index contributed by atoms with van der Waals surface area (Å²) in [7, 11) is 0. The van der Waals surface area contributed by atoms with Crippen LogP contribution >= 0.6 is 0 Å². The highest BCUT2D eigenvalue weighted by Crippen LogP contribution is 2.34. The van der Waals surface area contributed by atoms with E-state index in [2.05, 4.69) is 42.3 Å². The molecular formula is C20H31N7O. The highest BCUT2D eigenvalue weighted by atomic mass is 16.2. The molecule has 0 saturated carbocycles. The molecule has 4 N–H and O–H groups in total. The van der Waals surface area contributed by atoms with Crippen LogP contribution < -0.4 is 21.5 Å². The molecule has 5 rings (SSSR count). The van der Waals surface area contributed by atoms with Gasteiger partial charge in [-0.2, -0.15) is 0 Å². The van der Waals surface area contributed by atoms with Gasteiger partial charge < -0.3 is 20.4 Å². The number of carbonyl (C=O) groups is 1. The largest absolute Gasteiger partial charge is 0.323 e. The standard InChI is InChI=1S/C20H31N7O/c28-20-26(13-14-3-6-21-7-4-14)8-9-27(20)19-16-10-17(15-2-1-5-22-11-15)23-12-18(16)24-25-19/h1-2,5,11,14,16-19,21,23-25H,3-4,6-10,12-13H2. The lowest BCUT2D eigenvalue weighted by atomic mass is 9.85. The second-order valence-corrected chi connectivity index (χ2v) is 8.60. The molecule has 2 amide bonds. The molecule has 4 aliphatic rings. The second-order valence-electron chi connectivity index (χ2n) is 8.60. The summed E-state index contributed by atoms with van der Waals surface area (Å²) in [5.41, 5.74) is 8.08. The number of hydrazine groups is 1. The molecule has 5 heterocycles. The minimum absolute atomic E-state index is 0.0665. The van der Waals surface area contributed by atoms with Crippen molar-refractivity contribution < 1.29 is 4.79 Å². The molecule has 8 nitrogen and oxygen atoms in total. The number of aromatic nitrogens is 1. The first-order valence-corrected chi connectivity index (χ1v) is 10.7. The molecule has 4 saturated heterocycles. The van der Waals surface area contributed by atoms with Crippen LogP contribution in [0.25, 0.3) is 0 Å². The van der Waals surface area contributed by atoms with Crippen LogP contribution in [0.1, 0.15) is 30.9 Å². The Kier molecular flexibility index (Phi) is 5.19. The first kappa shape index (κ1) is 18.3. The third kappa shape index (κ3) is 3.50. The number of piperidine rings is 2. The van der Waals surface area contributed by atoms with Crippen LogP contribution in [0, 0.1) is 11.8 Å². The van der Waals surface area contributed by atoms with Crippen LogP contribution in [0.4, 0.5) is 4.79 Å². The van der Waals surface area contributed by atoms with Gasteiger partial charge in [-0.05, 0) is 49.9 Å². The SMILES string of the molecule is O=C1N(CC2CCNCC2)CCN1C1NNC2CNC(c3cccnc3)CC21. The van der Waals surface area contributed by atoms with E-state index in [1.54, 1.807) is 0 Å². The van der Waals surface area contributed by atoms with E-state index in [0.717, 1.165) is 45.7 Å². The van der Waals surface area contributed by atoms with Gasteiger partial charge in [-0.3, -0.25) is 10.4 Å². The van der Waals surface area contributed by atoms with Gasteiger partial charge in [0.15, 0.2) is 0 Å². The summed E-state index contributed by atoms with van der Waals surface area (Å²) in [4.78, 5) is 21.5. The second kappa shape index (κ2) is 7.94. The first-order chi connectivity index (χ1) is 13.8. The Hall–Kier alpha value is -1.74. The highest BCUT2D eigenvalue weighted by molar-refractivity contribution is 5.77. The van der Waals surface area contributed by atoms with Gasteiger partial charge in [0.1, 0.15) is 6.17 Å². The lowest BCUT2D eigenvalue weighted by Gasteiger charge is -2.37. The van der Waals surface area contributed by atoms with Gasteiger partial charge in [0.25, 0.3) is 0 Å². The van der Waals surface area contributed by atoms with Crippen LogP contribution in [0.3, 0.4) is 0 Å². The highest BCUT2D eigenvalue weighted by Gasteiger charge is 2.46. The van der Waals surface area contributed by atoms with Gasteiger partial charge in [0.2, 0.25) is 0 Å². The van der Waals surface area contributed by atoms with Gasteiger partial charge in [-0.25, -0.2) is 10.2 Å². The van der Waals surface area contributed by atoms with Crippen LogP contribution in [-0.4, -0.2) is 72.3 Å². The van der Waals surface area contributed by atoms with E-state index in [0.29, 0.717) is 23.9 Å². The molecule has 0 bridgehead atoms. The van der Waals surface area contributed by atoms with Crippen LogP contribution in [0.5, 0.6) is 0 Å². The molecule has 28 heavy (non-hydrogen) atoms. The molecule has 0 spiro atoms. The smallest absolute Gasteiger partial charge is 0.321 e. The molecule has 0 aromatic carbocycles. The topological polar surface area (TPSA) is 84.6 Å². The summed E-state index contributed by atoms with van der Waals surface area (Å²) in [6.07, 6.45) is 7.18. The normalized spacial score (nSPS) is 34.1. The van der Waals surface area contributed by atoms with Gasteiger partial charge in [0.05, 0.1) is 0 Å². The summed E-state index contributed by atoms with van der Waals surface area (Å²) >= 11 is 0. The predicted octanol–water partition coefficient (Wildman–Crippen LogP) is 0.272. The summed E-state index contributed by atoms with van der Waals surface area (Å²) in [5.74, 6) is 1.04. The van der Waals surface area contributed by atoms with Gasteiger partial charge in [0, 0.05) is 56.6 Å². The number of rotatable bonds is 4. The van der Waals surface area contributed by atoms with E-state index in [1.165, 1.54) is 18.4 Å². The Morgan fingerprint density at radius 2 is 2.07 bits per heavy atom. The zero-order valence-corrected chi connectivity index (χ0v) is 16.3. The van der Waals surface area contributed by atoms with Crippen molar-refractivity contribution in [1.29, 1.82) is 0 Å². The maximum absolute atomic E-state index is 13.1. The fraction of sp³-hybridized carbons (Fsp3) is 0.700. The summed E-state index contributed by atoms with van der Waals surface area (Å²) < 4.78 is 0. The molecular weight excluding hydrogens is 354 g/mol. The maximum atomic E-state index is 13.1. The van der Waals surface area contributed by atoms with Crippen molar-refractivity contribution in [2.24, 2.45) is 11.8 Å². The number of fused-ring (bicyclic) bond motifs is 1. The third-order valence-corrected chi connectivity index (χ3v) is 6.92. The number of hydrogen-bond donors (Lipinski definition) is 4. The van der Waals surface area contributed by atoms with Crippen molar-refractivity contribution in [3.05, 3.63) is 30.1 Å². The Balaban J connectivity index is 1.24. The number of nitrogens with one attached hydrogen (secondary N) is 4. The Morgan fingerprint density at radius 1 is 1.18 bits per heavy atom. The van der Waals surface area contributed by atoms with Crippen LogP contribution in [0.2, 0.25) is 0 Å². The van der Waals surface area contributed by atoms with Crippen molar-refractivity contribution in [2.45, 2.75) is 37.5 Å². The van der Waals surface area contributed by atoms with Crippen LogP contribution in [0.15, 0.2) is 24.5 Å². The number of pyridine rings is 1. The molecule has 4 fully saturated rings. The lowest BCUT2D eigenvalue weighted by molar-refractivity contribution is 0.137. The molecule has 0 radical (unpaired) electrons. The zero-order chi connectivity index (χ0) is 18.9. The quantitative estimate of drug-likeness (QED) is 0.596. The zero-order valence-electron chi connectivity index (χ0n) is 16.3. The molecule has 4 atom stereocenters. The van der Waals surface area contributed by atoms with Crippen molar-refractivity contribution in [2.75, 3.05) is 39.3 Å². The van der Waals surface area contributed by atoms with E-state index >= 15 is 0 Å². The van der Waals surface area contributed by atoms with E-state index in [4.69, 9.17) is 0 Å². The average molecular weight is 386 g/mol. The van der Waals surface area contributed by atoms with Gasteiger partial charge in [-0.1, -0.05) is 6.07 Å². The van der Waals surface area contributed by atoms with Crippen molar-refractivity contribution in [3.8, 4) is 0 Å².